The van der Waals surface area contributed by atoms with Gasteiger partial charge in [-0.2, -0.15) is 5.26 Å². The minimum Gasteiger partial charge on any atom is -0.309 e. The van der Waals surface area contributed by atoms with Gasteiger partial charge in [-0.15, -0.1) is 0 Å². The smallest absolute Gasteiger partial charge is 0.231 e. The third-order valence-electron chi connectivity index (χ3n) is 4.11. The molecule has 1 aliphatic heterocycles. The zero-order valence-corrected chi connectivity index (χ0v) is 10.3. The van der Waals surface area contributed by atoms with Crippen LogP contribution in [0.4, 0.5) is 5.69 Å². The molecule has 1 aliphatic carbocycles. The third kappa shape index (κ3) is 1.78. The van der Waals surface area contributed by atoms with Gasteiger partial charge in [0.15, 0.2) is 0 Å². The summed E-state index contributed by atoms with van der Waals surface area (Å²) < 4.78 is 0. The zero-order chi connectivity index (χ0) is 12.5. The maximum Gasteiger partial charge on any atom is 0.231 e. The van der Waals surface area contributed by atoms with Crippen LogP contribution in [0.15, 0.2) is 24.3 Å². The average molecular weight is 240 g/mol. The summed E-state index contributed by atoms with van der Waals surface area (Å²) in [7, 11) is 0. The van der Waals surface area contributed by atoms with Crippen molar-refractivity contribution in [3.05, 3.63) is 29.8 Å². The second-order valence-corrected chi connectivity index (χ2v) is 5.20. The van der Waals surface area contributed by atoms with E-state index in [1.807, 2.05) is 29.2 Å². The van der Waals surface area contributed by atoms with Gasteiger partial charge in [0, 0.05) is 17.6 Å². The number of hydrogen-bond donors (Lipinski definition) is 0. The Bertz CT molecular complexity index is 509. The lowest BCUT2D eigenvalue weighted by atomic mass is 9.86. The molecular formula is C15H16N2O. The molecule has 0 atom stereocenters. The minimum absolute atomic E-state index is 0.189. The van der Waals surface area contributed by atoms with E-state index in [9.17, 15) is 4.79 Å². The van der Waals surface area contributed by atoms with Gasteiger partial charge in [-0.3, -0.25) is 4.79 Å². The van der Waals surface area contributed by atoms with E-state index in [1.54, 1.807) is 0 Å². The number of carbonyl (C=O) groups is 1. The Morgan fingerprint density at radius 1 is 1.17 bits per heavy atom. The quantitative estimate of drug-likeness (QED) is 0.757. The van der Waals surface area contributed by atoms with E-state index in [-0.39, 0.29) is 11.8 Å². The van der Waals surface area contributed by atoms with Gasteiger partial charge in [0.05, 0.1) is 12.5 Å². The highest BCUT2D eigenvalue weighted by atomic mass is 16.2. The molecule has 0 spiro atoms. The molecule has 0 N–H and O–H groups in total. The highest BCUT2D eigenvalue weighted by Gasteiger charge is 2.34. The van der Waals surface area contributed by atoms with Crippen molar-refractivity contribution in [3.8, 4) is 6.07 Å². The Kier molecular flexibility index (Phi) is 2.79. The first kappa shape index (κ1) is 11.3. The summed E-state index contributed by atoms with van der Waals surface area (Å²) in [4.78, 5) is 14.1. The van der Waals surface area contributed by atoms with Gasteiger partial charge < -0.3 is 4.90 Å². The van der Waals surface area contributed by atoms with Gasteiger partial charge in [-0.1, -0.05) is 18.2 Å². The molecule has 0 bridgehead atoms. The van der Waals surface area contributed by atoms with Crippen molar-refractivity contribution in [2.75, 3.05) is 4.90 Å². The predicted octanol–water partition coefficient (Wildman–Crippen LogP) is 2.66. The summed E-state index contributed by atoms with van der Waals surface area (Å²) in [5.74, 6) is 0.408. The van der Waals surface area contributed by atoms with Crippen molar-refractivity contribution in [1.29, 1.82) is 5.26 Å². The van der Waals surface area contributed by atoms with Crippen LogP contribution in [0, 0.1) is 17.2 Å². The van der Waals surface area contributed by atoms with Crippen LogP contribution in [0.25, 0.3) is 0 Å². The fourth-order valence-electron chi connectivity index (χ4n) is 3.14. The Hall–Kier alpha value is -1.82. The monoisotopic (exact) mass is 240 g/mol. The number of anilines is 1. The fraction of sp³-hybridized carbons (Fsp3) is 0.467. The largest absolute Gasteiger partial charge is 0.309 e. The van der Waals surface area contributed by atoms with Gasteiger partial charge in [-0.25, -0.2) is 0 Å². The number of rotatable bonds is 1. The molecule has 1 saturated carbocycles. The summed E-state index contributed by atoms with van der Waals surface area (Å²) in [6.07, 6.45) is 4.30. The first-order chi connectivity index (χ1) is 8.79. The van der Waals surface area contributed by atoms with Crippen molar-refractivity contribution in [2.24, 2.45) is 5.92 Å². The van der Waals surface area contributed by atoms with Crippen molar-refractivity contribution in [1.82, 2.24) is 0 Å². The fourth-order valence-corrected chi connectivity index (χ4v) is 3.14. The highest BCUT2D eigenvalue weighted by molar-refractivity contribution is 6.01. The van der Waals surface area contributed by atoms with Crippen LogP contribution < -0.4 is 4.90 Å². The van der Waals surface area contributed by atoms with E-state index >= 15 is 0 Å². The van der Waals surface area contributed by atoms with Gasteiger partial charge in [0.1, 0.15) is 0 Å². The molecule has 3 heteroatoms. The lowest BCUT2D eigenvalue weighted by Gasteiger charge is -2.33. The SMILES string of the molecule is N#CC1CCC(N2C(=O)Cc3ccccc32)CC1. The molecule has 92 valence electrons. The van der Waals surface area contributed by atoms with Gasteiger partial charge >= 0.3 is 0 Å². The minimum atomic E-state index is 0.189. The van der Waals surface area contributed by atoms with E-state index in [1.165, 1.54) is 0 Å². The first-order valence-corrected chi connectivity index (χ1v) is 6.59. The molecule has 3 rings (SSSR count). The van der Waals surface area contributed by atoms with E-state index in [4.69, 9.17) is 5.26 Å². The Morgan fingerprint density at radius 3 is 2.61 bits per heavy atom. The van der Waals surface area contributed by atoms with Crippen molar-refractivity contribution < 1.29 is 4.79 Å². The standard InChI is InChI=1S/C15H16N2O/c16-10-11-5-7-13(8-6-11)17-14-4-2-1-3-12(14)9-15(17)18/h1-4,11,13H,5-9H2. The van der Waals surface area contributed by atoms with E-state index < -0.39 is 0 Å². The van der Waals surface area contributed by atoms with Crippen LogP contribution in [0.5, 0.6) is 0 Å². The molecule has 18 heavy (non-hydrogen) atoms. The molecule has 3 nitrogen and oxygen atoms in total. The average Bonchev–Trinajstić information content (AvgIpc) is 2.75. The normalized spacial score (nSPS) is 26.8. The molecule has 0 saturated heterocycles. The topological polar surface area (TPSA) is 44.1 Å². The number of amides is 1. The number of hydrogen-bond acceptors (Lipinski definition) is 2. The second kappa shape index (κ2) is 4.45. The summed E-state index contributed by atoms with van der Waals surface area (Å²) in [5, 5.41) is 8.92. The molecule has 1 aromatic rings. The summed E-state index contributed by atoms with van der Waals surface area (Å²) in [6.45, 7) is 0. The van der Waals surface area contributed by atoms with Gasteiger partial charge in [0.25, 0.3) is 0 Å². The molecule has 1 fully saturated rings. The van der Waals surface area contributed by atoms with Crippen molar-refractivity contribution in [3.63, 3.8) is 0 Å². The van der Waals surface area contributed by atoms with Crippen LogP contribution in [0.3, 0.4) is 0 Å². The van der Waals surface area contributed by atoms with E-state index in [0.29, 0.717) is 12.5 Å². The van der Waals surface area contributed by atoms with Gasteiger partial charge in [-0.05, 0) is 37.3 Å². The zero-order valence-electron chi connectivity index (χ0n) is 10.3. The number of nitriles is 1. The van der Waals surface area contributed by atoms with Crippen LogP contribution in [0.2, 0.25) is 0 Å². The third-order valence-corrected chi connectivity index (χ3v) is 4.11. The van der Waals surface area contributed by atoms with Crippen LogP contribution >= 0.6 is 0 Å². The van der Waals surface area contributed by atoms with Crippen molar-refractivity contribution in [2.45, 2.75) is 38.1 Å². The molecule has 0 radical (unpaired) electrons. The molecule has 1 heterocycles. The Balaban J connectivity index is 1.81. The summed E-state index contributed by atoms with van der Waals surface area (Å²) >= 11 is 0. The molecule has 0 unspecified atom stereocenters. The lowest BCUT2D eigenvalue weighted by molar-refractivity contribution is -0.118. The van der Waals surface area contributed by atoms with Crippen molar-refractivity contribution >= 4 is 11.6 Å². The molecule has 1 amide bonds. The lowest BCUT2D eigenvalue weighted by Crippen LogP contribution is -2.40. The number of carbonyl (C=O) groups excluding carboxylic acids is 1. The van der Waals surface area contributed by atoms with E-state index in [0.717, 1.165) is 36.9 Å². The molecular weight excluding hydrogens is 224 g/mol. The number of para-hydroxylation sites is 1. The van der Waals surface area contributed by atoms with Crippen LogP contribution in [-0.2, 0) is 11.2 Å². The first-order valence-electron chi connectivity index (χ1n) is 6.59. The number of benzene rings is 1. The maximum atomic E-state index is 12.1. The molecule has 2 aliphatic rings. The predicted molar refractivity (Wildman–Crippen MR) is 69.0 cm³/mol. The van der Waals surface area contributed by atoms with Gasteiger partial charge in [0.2, 0.25) is 5.91 Å². The highest BCUT2D eigenvalue weighted by Crippen LogP contribution is 2.36. The number of fused-ring (bicyclic) bond motifs is 1. The number of nitrogens with zero attached hydrogens (tertiary/aromatic N) is 2. The molecule has 0 aromatic heterocycles. The van der Waals surface area contributed by atoms with E-state index in [2.05, 4.69) is 6.07 Å². The second-order valence-electron chi connectivity index (χ2n) is 5.20. The maximum absolute atomic E-state index is 12.1. The summed E-state index contributed by atoms with van der Waals surface area (Å²) in [6, 6.07) is 10.7. The Labute approximate surface area is 107 Å². The Morgan fingerprint density at radius 2 is 1.89 bits per heavy atom. The van der Waals surface area contributed by atoms with Crippen LogP contribution in [-0.4, -0.2) is 11.9 Å². The van der Waals surface area contributed by atoms with Crippen LogP contribution in [0.1, 0.15) is 31.2 Å². The molecule has 1 aromatic carbocycles. The summed E-state index contributed by atoms with van der Waals surface area (Å²) in [5.41, 5.74) is 2.23.